The zero-order valence-electron chi connectivity index (χ0n) is 7.39. The number of hydrogen-bond donors (Lipinski definition) is 0. The highest BCUT2D eigenvalue weighted by Gasteiger charge is 2.00. The summed E-state index contributed by atoms with van der Waals surface area (Å²) in [6.45, 7) is 6.47. The Morgan fingerprint density at radius 2 is 2.20 bits per heavy atom. The Hall–Kier alpha value is -0.590. The van der Waals surface area contributed by atoms with E-state index in [1.807, 2.05) is 13.3 Å². The molecule has 0 amide bonds. The molecule has 0 saturated carbocycles. The van der Waals surface area contributed by atoms with Crippen LogP contribution >= 0.6 is 0 Å². The fourth-order valence-electron chi connectivity index (χ4n) is 0.871. The minimum Gasteiger partial charge on any atom is -0.296 e. The quantitative estimate of drug-likeness (QED) is 0.533. The van der Waals surface area contributed by atoms with Gasteiger partial charge in [0.2, 0.25) is 0 Å². The largest absolute Gasteiger partial charge is 0.296 e. The summed E-state index contributed by atoms with van der Waals surface area (Å²) in [5.41, 5.74) is 1.34. The zero-order valence-corrected chi connectivity index (χ0v) is 7.39. The Kier molecular flexibility index (Phi) is 4.91. The van der Waals surface area contributed by atoms with Gasteiger partial charge in [-0.1, -0.05) is 19.9 Å². The molecule has 10 heavy (non-hydrogen) atoms. The summed E-state index contributed by atoms with van der Waals surface area (Å²) in [6.07, 6.45) is 5.25. The van der Waals surface area contributed by atoms with Crippen LogP contribution in [0.1, 0.15) is 27.2 Å². The van der Waals surface area contributed by atoms with E-state index in [0.717, 1.165) is 0 Å². The second kappa shape index (κ2) is 5.21. The predicted molar refractivity (Wildman–Crippen MR) is 47.6 cm³/mol. The molecule has 0 fully saturated rings. The average Bonchev–Trinajstić information content (AvgIpc) is 1.99. The number of hydrogen-bond acceptors (Lipinski definition) is 1. The smallest absolute Gasteiger partial charge is 0.0277 e. The van der Waals surface area contributed by atoms with E-state index in [1.165, 1.54) is 12.0 Å². The van der Waals surface area contributed by atoms with E-state index in [4.69, 9.17) is 0 Å². The highest BCUT2D eigenvalue weighted by atomic mass is 14.6. The molecule has 0 N–H and O–H groups in total. The Bertz CT molecular complexity index is 134. The molecule has 0 aromatic heterocycles. The van der Waals surface area contributed by atoms with Crippen molar-refractivity contribution in [3.8, 4) is 0 Å². The van der Waals surface area contributed by atoms with Crippen LogP contribution in [0.3, 0.4) is 0 Å². The first-order valence-corrected chi connectivity index (χ1v) is 3.84. The van der Waals surface area contributed by atoms with Crippen molar-refractivity contribution in [2.45, 2.75) is 27.2 Å². The van der Waals surface area contributed by atoms with Gasteiger partial charge in [0.05, 0.1) is 0 Å². The first-order chi connectivity index (χ1) is 4.76. The Morgan fingerprint density at radius 1 is 1.60 bits per heavy atom. The lowest BCUT2D eigenvalue weighted by molar-refractivity contribution is 0.679. The minimum atomic E-state index is 0.647. The molecular weight excluding hydrogens is 122 g/mol. The molecule has 0 aromatic rings. The summed E-state index contributed by atoms with van der Waals surface area (Å²) >= 11 is 0. The van der Waals surface area contributed by atoms with E-state index in [1.54, 1.807) is 0 Å². The number of nitrogens with zero attached hydrogens (tertiary/aromatic N) is 1. The third-order valence-electron chi connectivity index (χ3n) is 1.79. The molecule has 58 valence electrons. The van der Waals surface area contributed by atoms with E-state index in [0.29, 0.717) is 5.92 Å². The van der Waals surface area contributed by atoms with Crippen molar-refractivity contribution < 1.29 is 0 Å². The van der Waals surface area contributed by atoms with Crippen molar-refractivity contribution in [3.05, 3.63) is 11.6 Å². The fourth-order valence-corrected chi connectivity index (χ4v) is 0.871. The Labute approximate surface area is 63.9 Å². The number of rotatable bonds is 3. The van der Waals surface area contributed by atoms with Crippen LogP contribution in [0.5, 0.6) is 0 Å². The van der Waals surface area contributed by atoms with Crippen LogP contribution in [-0.4, -0.2) is 13.3 Å². The molecule has 0 spiro atoms. The molecule has 0 aliphatic rings. The second-order valence-electron chi connectivity index (χ2n) is 2.49. The van der Waals surface area contributed by atoms with Crippen molar-refractivity contribution in [3.63, 3.8) is 0 Å². The van der Waals surface area contributed by atoms with Gasteiger partial charge in [0.1, 0.15) is 0 Å². The van der Waals surface area contributed by atoms with Crippen LogP contribution in [0.25, 0.3) is 0 Å². The summed E-state index contributed by atoms with van der Waals surface area (Å²) in [5, 5.41) is 0. The lowest BCUT2D eigenvalue weighted by atomic mass is 9.99. The van der Waals surface area contributed by atoms with Gasteiger partial charge < -0.3 is 0 Å². The van der Waals surface area contributed by atoms with Crippen molar-refractivity contribution >= 4 is 6.21 Å². The Balaban J connectivity index is 4.08. The molecule has 0 radical (unpaired) electrons. The first-order valence-electron chi connectivity index (χ1n) is 3.84. The van der Waals surface area contributed by atoms with Crippen molar-refractivity contribution in [2.75, 3.05) is 7.05 Å². The predicted octanol–water partition coefficient (Wildman–Crippen LogP) is 2.68. The van der Waals surface area contributed by atoms with Gasteiger partial charge in [0.15, 0.2) is 0 Å². The molecule has 1 heteroatoms. The molecule has 0 rings (SSSR count). The summed E-state index contributed by atoms with van der Waals surface area (Å²) in [4.78, 5) is 3.98. The van der Waals surface area contributed by atoms with Gasteiger partial charge in [-0.25, -0.2) is 0 Å². The maximum absolute atomic E-state index is 3.98. The molecule has 0 saturated heterocycles. The van der Waals surface area contributed by atoms with Crippen LogP contribution in [0.15, 0.2) is 16.6 Å². The van der Waals surface area contributed by atoms with Gasteiger partial charge >= 0.3 is 0 Å². The van der Waals surface area contributed by atoms with E-state index in [-0.39, 0.29) is 0 Å². The van der Waals surface area contributed by atoms with Crippen LogP contribution in [0.2, 0.25) is 0 Å². The summed E-state index contributed by atoms with van der Waals surface area (Å²) in [5.74, 6) is 0.647. The van der Waals surface area contributed by atoms with Crippen LogP contribution < -0.4 is 0 Å². The summed E-state index contributed by atoms with van der Waals surface area (Å²) in [7, 11) is 1.81. The fraction of sp³-hybridized carbons (Fsp3) is 0.667. The first kappa shape index (κ1) is 9.41. The van der Waals surface area contributed by atoms with E-state index in [9.17, 15) is 0 Å². The molecule has 0 heterocycles. The molecule has 1 unspecified atom stereocenters. The lowest BCUT2D eigenvalue weighted by Gasteiger charge is -2.07. The van der Waals surface area contributed by atoms with Gasteiger partial charge in [-0.2, -0.15) is 0 Å². The van der Waals surface area contributed by atoms with Gasteiger partial charge in [-0.3, -0.25) is 4.99 Å². The standard InChI is InChI=1S/C9H17N/c1-5-8(3)9(6-2)7-10-4/h6-8H,5H2,1-4H3/b9-6+,10-7?. The molecule has 1 nitrogen and oxygen atoms in total. The molecule has 1 atom stereocenters. The van der Waals surface area contributed by atoms with Crippen LogP contribution in [0, 0.1) is 5.92 Å². The maximum atomic E-state index is 3.98. The molecule has 0 aliphatic heterocycles. The highest BCUT2D eigenvalue weighted by Crippen LogP contribution is 2.11. The van der Waals surface area contributed by atoms with Gasteiger partial charge in [0.25, 0.3) is 0 Å². The van der Waals surface area contributed by atoms with Gasteiger partial charge in [-0.15, -0.1) is 0 Å². The van der Waals surface area contributed by atoms with E-state index >= 15 is 0 Å². The van der Waals surface area contributed by atoms with Crippen molar-refractivity contribution in [1.29, 1.82) is 0 Å². The normalized spacial score (nSPS) is 16.2. The molecule has 0 aromatic carbocycles. The second-order valence-corrected chi connectivity index (χ2v) is 2.49. The van der Waals surface area contributed by atoms with Gasteiger partial charge in [0, 0.05) is 13.3 Å². The van der Waals surface area contributed by atoms with Crippen molar-refractivity contribution in [1.82, 2.24) is 0 Å². The monoisotopic (exact) mass is 139 g/mol. The third kappa shape index (κ3) is 2.81. The number of allylic oxidation sites excluding steroid dienone is 2. The average molecular weight is 139 g/mol. The minimum absolute atomic E-state index is 0.647. The highest BCUT2D eigenvalue weighted by molar-refractivity contribution is 5.78. The summed E-state index contributed by atoms with van der Waals surface area (Å²) < 4.78 is 0. The summed E-state index contributed by atoms with van der Waals surface area (Å²) in [6, 6.07) is 0. The Morgan fingerprint density at radius 3 is 2.50 bits per heavy atom. The van der Waals surface area contributed by atoms with E-state index < -0.39 is 0 Å². The van der Waals surface area contributed by atoms with Crippen molar-refractivity contribution in [2.24, 2.45) is 10.9 Å². The third-order valence-corrected chi connectivity index (χ3v) is 1.79. The molecular formula is C9H17N. The SMILES string of the molecule is C/C=C(\C=NC)C(C)CC. The molecule has 0 aliphatic carbocycles. The molecule has 0 bridgehead atoms. The zero-order chi connectivity index (χ0) is 7.98. The topological polar surface area (TPSA) is 12.4 Å². The maximum Gasteiger partial charge on any atom is 0.0277 e. The van der Waals surface area contributed by atoms with E-state index in [2.05, 4.69) is 31.8 Å². The van der Waals surface area contributed by atoms with Crippen LogP contribution in [-0.2, 0) is 0 Å². The lowest BCUT2D eigenvalue weighted by Crippen LogP contribution is -1.98. The number of aliphatic imine (C=N–C) groups is 1. The van der Waals surface area contributed by atoms with Gasteiger partial charge in [-0.05, 0) is 24.8 Å². The van der Waals surface area contributed by atoms with Crippen LogP contribution in [0.4, 0.5) is 0 Å².